The Labute approximate surface area is 160 Å². The molecule has 2 bridgehead atoms. The third kappa shape index (κ3) is 5.55. The molecule has 1 aliphatic rings. The van der Waals surface area contributed by atoms with Gasteiger partial charge in [0.1, 0.15) is 19.0 Å². The number of hydrogen-bond donors (Lipinski definition) is 0. The minimum Gasteiger partial charge on any atom is -0.491 e. The summed E-state index contributed by atoms with van der Waals surface area (Å²) in [5.74, 6) is 0.874. The lowest BCUT2D eigenvalue weighted by molar-refractivity contribution is -0.136. The van der Waals surface area contributed by atoms with Crippen LogP contribution in [0.25, 0.3) is 0 Å². The average molecular weight is 369 g/mol. The van der Waals surface area contributed by atoms with Crippen molar-refractivity contribution in [2.45, 2.75) is 19.9 Å². The number of amides is 1. The van der Waals surface area contributed by atoms with Crippen molar-refractivity contribution in [3.8, 4) is 5.75 Å². The highest BCUT2D eigenvalue weighted by Crippen LogP contribution is 2.24. The second-order valence-electron chi connectivity index (χ2n) is 6.82. The van der Waals surface area contributed by atoms with Gasteiger partial charge in [0.25, 0.3) is 0 Å². The van der Waals surface area contributed by atoms with E-state index in [0.717, 1.165) is 23.3 Å². The average Bonchev–Trinajstić information content (AvgIpc) is 2.65. The first-order chi connectivity index (χ1) is 13.2. The van der Waals surface area contributed by atoms with Crippen molar-refractivity contribution in [2.75, 3.05) is 40.1 Å². The van der Waals surface area contributed by atoms with Gasteiger partial charge in [0, 0.05) is 26.6 Å². The van der Waals surface area contributed by atoms with E-state index in [1.807, 2.05) is 12.1 Å². The Kier molecular flexibility index (Phi) is 6.85. The summed E-state index contributed by atoms with van der Waals surface area (Å²) in [6.07, 6.45) is 0.789. The molecule has 0 atom stereocenters. The lowest BCUT2D eigenvalue weighted by atomic mass is 10.0. The quantitative estimate of drug-likeness (QED) is 0.817. The molecular formula is C22H27NO4. The Hall–Kier alpha value is -2.37. The summed E-state index contributed by atoms with van der Waals surface area (Å²) in [4.78, 5) is 14.1. The summed E-state index contributed by atoms with van der Waals surface area (Å²) in [5, 5.41) is 0. The van der Waals surface area contributed by atoms with Crippen LogP contribution in [0, 0.1) is 6.92 Å². The van der Waals surface area contributed by atoms with Crippen LogP contribution in [0.1, 0.15) is 22.3 Å². The van der Waals surface area contributed by atoms with Crippen LogP contribution in [-0.2, 0) is 27.2 Å². The molecule has 1 aliphatic heterocycles. The number of nitrogens with zero attached hydrogens (tertiary/aromatic N) is 1. The third-order valence-corrected chi connectivity index (χ3v) is 4.59. The molecule has 27 heavy (non-hydrogen) atoms. The van der Waals surface area contributed by atoms with Crippen molar-refractivity contribution in [2.24, 2.45) is 0 Å². The van der Waals surface area contributed by atoms with Gasteiger partial charge >= 0.3 is 0 Å². The zero-order valence-electron chi connectivity index (χ0n) is 16.1. The van der Waals surface area contributed by atoms with E-state index in [4.69, 9.17) is 14.2 Å². The number of carbonyl (C=O) groups is 1. The lowest BCUT2D eigenvalue weighted by Crippen LogP contribution is -2.36. The minimum absolute atomic E-state index is 0.0317. The second-order valence-corrected chi connectivity index (χ2v) is 6.82. The van der Waals surface area contributed by atoms with E-state index in [0.29, 0.717) is 32.9 Å². The van der Waals surface area contributed by atoms with Crippen LogP contribution in [0.3, 0.4) is 0 Å². The Morgan fingerprint density at radius 1 is 1.11 bits per heavy atom. The van der Waals surface area contributed by atoms with E-state index in [2.05, 4.69) is 37.3 Å². The Bertz CT molecular complexity index is 775. The molecule has 0 aliphatic carbocycles. The summed E-state index contributed by atoms with van der Waals surface area (Å²) < 4.78 is 16.6. The molecule has 5 nitrogen and oxygen atoms in total. The SMILES string of the molecule is COCC(=O)N1CCOCCOc2ccc(C)cc2Cc2cccc(c2)C1. The highest BCUT2D eigenvalue weighted by molar-refractivity contribution is 5.77. The van der Waals surface area contributed by atoms with E-state index in [-0.39, 0.29) is 12.5 Å². The molecule has 0 fully saturated rings. The number of ether oxygens (including phenoxy) is 3. The fourth-order valence-electron chi connectivity index (χ4n) is 3.26. The molecule has 3 rings (SSSR count). The van der Waals surface area contributed by atoms with E-state index in [1.165, 1.54) is 18.2 Å². The zero-order valence-corrected chi connectivity index (χ0v) is 16.1. The number of methoxy groups -OCH3 is 1. The smallest absolute Gasteiger partial charge is 0.248 e. The second kappa shape index (κ2) is 9.53. The summed E-state index contributed by atoms with van der Waals surface area (Å²) in [5.41, 5.74) is 4.68. The van der Waals surface area contributed by atoms with E-state index in [9.17, 15) is 4.79 Å². The fourth-order valence-corrected chi connectivity index (χ4v) is 3.26. The molecule has 144 valence electrons. The first-order valence-corrected chi connectivity index (χ1v) is 9.30. The number of benzene rings is 2. The van der Waals surface area contributed by atoms with Gasteiger partial charge in [-0.25, -0.2) is 0 Å². The minimum atomic E-state index is -0.0317. The first-order valence-electron chi connectivity index (χ1n) is 9.30. The van der Waals surface area contributed by atoms with E-state index in [1.54, 1.807) is 4.90 Å². The molecule has 1 heterocycles. The summed E-state index contributed by atoms with van der Waals surface area (Å²) in [6, 6.07) is 14.6. The fraction of sp³-hybridized carbons (Fsp3) is 0.409. The van der Waals surface area contributed by atoms with Crippen molar-refractivity contribution in [3.05, 3.63) is 64.7 Å². The third-order valence-electron chi connectivity index (χ3n) is 4.59. The van der Waals surface area contributed by atoms with E-state index >= 15 is 0 Å². The van der Waals surface area contributed by atoms with Gasteiger partial charge in [-0.2, -0.15) is 0 Å². The molecule has 0 saturated heterocycles. The number of hydrogen-bond acceptors (Lipinski definition) is 4. The number of aryl methyl sites for hydroxylation is 1. The topological polar surface area (TPSA) is 48.0 Å². The zero-order chi connectivity index (χ0) is 19.1. The summed E-state index contributed by atoms with van der Waals surface area (Å²) in [7, 11) is 1.54. The van der Waals surface area contributed by atoms with Crippen LogP contribution in [0.5, 0.6) is 5.75 Å². The van der Waals surface area contributed by atoms with Crippen molar-refractivity contribution in [3.63, 3.8) is 0 Å². The van der Waals surface area contributed by atoms with Crippen LogP contribution in [0.4, 0.5) is 0 Å². The van der Waals surface area contributed by atoms with Gasteiger partial charge in [-0.05, 0) is 29.7 Å². The standard InChI is InChI=1S/C22H27NO4/c1-17-6-7-21-20(12-17)14-18-4-3-5-19(13-18)15-23(22(24)16-25-2)8-9-26-10-11-27-21/h3-7,12-13H,8-11,14-16H2,1-2H3. The molecule has 0 aromatic heterocycles. The maximum absolute atomic E-state index is 12.4. The van der Waals surface area contributed by atoms with Crippen molar-refractivity contribution < 1.29 is 19.0 Å². The molecule has 0 radical (unpaired) electrons. The number of rotatable bonds is 2. The Morgan fingerprint density at radius 2 is 1.96 bits per heavy atom. The van der Waals surface area contributed by atoms with Crippen molar-refractivity contribution >= 4 is 5.91 Å². The number of carbonyl (C=O) groups excluding carboxylic acids is 1. The Balaban J connectivity index is 1.87. The molecule has 0 spiro atoms. The van der Waals surface area contributed by atoms with Crippen LogP contribution >= 0.6 is 0 Å². The van der Waals surface area contributed by atoms with Gasteiger partial charge in [-0.3, -0.25) is 4.79 Å². The van der Waals surface area contributed by atoms with Crippen LogP contribution in [-0.4, -0.2) is 50.9 Å². The molecule has 2 aromatic rings. The van der Waals surface area contributed by atoms with Gasteiger partial charge in [0.15, 0.2) is 0 Å². The molecular weight excluding hydrogens is 342 g/mol. The van der Waals surface area contributed by atoms with Gasteiger partial charge in [-0.15, -0.1) is 0 Å². The van der Waals surface area contributed by atoms with Crippen molar-refractivity contribution in [1.82, 2.24) is 4.90 Å². The van der Waals surface area contributed by atoms with Crippen LogP contribution in [0.15, 0.2) is 42.5 Å². The van der Waals surface area contributed by atoms with E-state index < -0.39 is 0 Å². The maximum Gasteiger partial charge on any atom is 0.248 e. The molecule has 1 amide bonds. The van der Waals surface area contributed by atoms with Gasteiger partial charge in [0.05, 0.1) is 13.2 Å². The first kappa shape index (κ1) is 19.4. The normalized spacial score (nSPS) is 15.4. The highest BCUT2D eigenvalue weighted by atomic mass is 16.5. The van der Waals surface area contributed by atoms with Crippen molar-refractivity contribution in [1.29, 1.82) is 0 Å². The van der Waals surface area contributed by atoms with Gasteiger partial charge < -0.3 is 19.1 Å². The predicted octanol–water partition coefficient (Wildman–Crippen LogP) is 2.97. The Morgan fingerprint density at radius 3 is 2.81 bits per heavy atom. The maximum atomic E-state index is 12.4. The van der Waals surface area contributed by atoms with Gasteiger partial charge in [0.2, 0.25) is 5.91 Å². The van der Waals surface area contributed by atoms with Crippen LogP contribution in [0.2, 0.25) is 0 Å². The molecule has 0 saturated carbocycles. The molecule has 5 heteroatoms. The van der Waals surface area contributed by atoms with Crippen LogP contribution < -0.4 is 4.74 Å². The molecule has 0 unspecified atom stereocenters. The highest BCUT2D eigenvalue weighted by Gasteiger charge is 2.15. The number of fused-ring (bicyclic) bond motifs is 3. The van der Waals surface area contributed by atoms with Gasteiger partial charge in [-0.1, -0.05) is 42.0 Å². The predicted molar refractivity (Wildman–Crippen MR) is 104 cm³/mol. The molecule has 0 N–H and O–H groups in total. The summed E-state index contributed by atoms with van der Waals surface area (Å²) in [6.45, 7) is 4.70. The monoisotopic (exact) mass is 369 g/mol. The molecule has 2 aromatic carbocycles. The largest absolute Gasteiger partial charge is 0.491 e. The summed E-state index contributed by atoms with van der Waals surface area (Å²) >= 11 is 0. The lowest BCUT2D eigenvalue weighted by Gasteiger charge is -2.23.